The smallest absolute Gasteiger partial charge is 0.271 e. The standard InChI is InChI=1S/C13H21N3O/c1-2-3-9-14-13(17)12-8-10-16(15-12)11-6-4-5-7-11/h8,10-11H,2-7,9H2,1H3,(H,14,17). The van der Waals surface area contributed by atoms with E-state index in [0.717, 1.165) is 19.4 Å². The first-order valence-electron chi connectivity index (χ1n) is 6.64. The van der Waals surface area contributed by atoms with Crippen LogP contribution in [-0.4, -0.2) is 22.2 Å². The van der Waals surface area contributed by atoms with E-state index in [1.165, 1.54) is 25.7 Å². The molecule has 4 heteroatoms. The van der Waals surface area contributed by atoms with E-state index in [2.05, 4.69) is 17.3 Å². The van der Waals surface area contributed by atoms with Gasteiger partial charge in [0.2, 0.25) is 0 Å². The van der Waals surface area contributed by atoms with Gasteiger partial charge in [-0.3, -0.25) is 9.48 Å². The highest BCUT2D eigenvalue weighted by Gasteiger charge is 2.18. The van der Waals surface area contributed by atoms with Gasteiger partial charge < -0.3 is 5.32 Å². The number of carbonyl (C=O) groups excluding carboxylic acids is 1. The van der Waals surface area contributed by atoms with Gasteiger partial charge in [-0.15, -0.1) is 0 Å². The van der Waals surface area contributed by atoms with E-state index in [9.17, 15) is 4.79 Å². The van der Waals surface area contributed by atoms with Gasteiger partial charge in [-0.05, 0) is 25.3 Å². The summed E-state index contributed by atoms with van der Waals surface area (Å²) in [6.45, 7) is 2.85. The Labute approximate surface area is 102 Å². The van der Waals surface area contributed by atoms with Gasteiger partial charge in [0.1, 0.15) is 5.69 Å². The van der Waals surface area contributed by atoms with Crippen LogP contribution in [0.3, 0.4) is 0 Å². The van der Waals surface area contributed by atoms with E-state index >= 15 is 0 Å². The second kappa shape index (κ2) is 5.84. The van der Waals surface area contributed by atoms with Crippen LogP contribution in [0.15, 0.2) is 12.3 Å². The Morgan fingerprint density at radius 2 is 2.29 bits per heavy atom. The highest BCUT2D eigenvalue weighted by molar-refractivity contribution is 5.92. The van der Waals surface area contributed by atoms with Crippen molar-refractivity contribution in [2.45, 2.75) is 51.5 Å². The van der Waals surface area contributed by atoms with Gasteiger partial charge in [0.25, 0.3) is 5.91 Å². The number of amides is 1. The molecule has 0 bridgehead atoms. The van der Waals surface area contributed by atoms with Gasteiger partial charge in [0.15, 0.2) is 0 Å². The maximum atomic E-state index is 11.8. The number of nitrogens with zero attached hydrogens (tertiary/aromatic N) is 2. The summed E-state index contributed by atoms with van der Waals surface area (Å²) in [5, 5.41) is 7.26. The maximum Gasteiger partial charge on any atom is 0.271 e. The zero-order valence-corrected chi connectivity index (χ0v) is 10.5. The highest BCUT2D eigenvalue weighted by atomic mass is 16.1. The Bertz CT molecular complexity index is 366. The first-order valence-corrected chi connectivity index (χ1v) is 6.64. The second-order valence-electron chi connectivity index (χ2n) is 4.73. The predicted molar refractivity (Wildman–Crippen MR) is 67.0 cm³/mol. The predicted octanol–water partition coefficient (Wildman–Crippen LogP) is 2.53. The molecule has 1 aromatic heterocycles. The molecule has 1 aromatic rings. The fourth-order valence-electron chi connectivity index (χ4n) is 2.30. The first-order chi connectivity index (χ1) is 8.31. The van der Waals surface area contributed by atoms with Crippen molar-refractivity contribution in [2.24, 2.45) is 0 Å². The minimum absolute atomic E-state index is 0.0461. The average Bonchev–Trinajstić information content (AvgIpc) is 3.00. The topological polar surface area (TPSA) is 46.9 Å². The summed E-state index contributed by atoms with van der Waals surface area (Å²) in [6, 6.07) is 2.33. The van der Waals surface area contributed by atoms with Crippen molar-refractivity contribution in [3.05, 3.63) is 18.0 Å². The van der Waals surface area contributed by atoms with E-state index in [1.54, 1.807) is 0 Å². The molecule has 2 rings (SSSR count). The van der Waals surface area contributed by atoms with Crippen LogP contribution >= 0.6 is 0 Å². The molecular formula is C13H21N3O. The van der Waals surface area contributed by atoms with Crippen molar-refractivity contribution in [3.8, 4) is 0 Å². The van der Waals surface area contributed by atoms with Crippen molar-refractivity contribution >= 4 is 5.91 Å². The Balaban J connectivity index is 1.90. The number of hydrogen-bond donors (Lipinski definition) is 1. The third-order valence-corrected chi connectivity index (χ3v) is 3.36. The van der Waals surface area contributed by atoms with Crippen molar-refractivity contribution in [1.82, 2.24) is 15.1 Å². The van der Waals surface area contributed by atoms with Crippen LogP contribution in [0.1, 0.15) is 62.0 Å². The molecule has 4 nitrogen and oxygen atoms in total. The van der Waals surface area contributed by atoms with Gasteiger partial charge in [-0.25, -0.2) is 0 Å². The fraction of sp³-hybridized carbons (Fsp3) is 0.692. The molecule has 0 unspecified atom stereocenters. The second-order valence-corrected chi connectivity index (χ2v) is 4.73. The zero-order valence-electron chi connectivity index (χ0n) is 10.5. The van der Waals surface area contributed by atoms with Gasteiger partial charge in [-0.1, -0.05) is 26.2 Å². The van der Waals surface area contributed by atoms with Gasteiger partial charge in [0.05, 0.1) is 6.04 Å². The van der Waals surface area contributed by atoms with Crippen LogP contribution in [0.4, 0.5) is 0 Å². The maximum absolute atomic E-state index is 11.8. The molecule has 1 heterocycles. The van der Waals surface area contributed by atoms with Crippen LogP contribution in [-0.2, 0) is 0 Å². The zero-order chi connectivity index (χ0) is 12.1. The van der Waals surface area contributed by atoms with Crippen molar-refractivity contribution in [3.63, 3.8) is 0 Å². The summed E-state index contributed by atoms with van der Waals surface area (Å²) in [4.78, 5) is 11.8. The van der Waals surface area contributed by atoms with E-state index in [4.69, 9.17) is 0 Å². The van der Waals surface area contributed by atoms with Gasteiger partial charge in [0, 0.05) is 12.7 Å². The molecule has 0 saturated heterocycles. The molecule has 0 aliphatic heterocycles. The van der Waals surface area contributed by atoms with E-state index in [0.29, 0.717) is 11.7 Å². The van der Waals surface area contributed by atoms with Crippen LogP contribution in [0.5, 0.6) is 0 Å². The number of unbranched alkanes of at least 4 members (excludes halogenated alkanes) is 1. The summed E-state index contributed by atoms with van der Waals surface area (Å²) < 4.78 is 1.96. The lowest BCUT2D eigenvalue weighted by Crippen LogP contribution is -2.25. The third kappa shape index (κ3) is 3.08. The van der Waals surface area contributed by atoms with E-state index in [1.807, 2.05) is 16.9 Å². The van der Waals surface area contributed by atoms with E-state index in [-0.39, 0.29) is 5.91 Å². The summed E-state index contributed by atoms with van der Waals surface area (Å²) in [5.74, 6) is -0.0461. The highest BCUT2D eigenvalue weighted by Crippen LogP contribution is 2.28. The van der Waals surface area contributed by atoms with Crippen LogP contribution in [0, 0.1) is 0 Å². The fourth-order valence-corrected chi connectivity index (χ4v) is 2.30. The number of hydrogen-bond acceptors (Lipinski definition) is 2. The van der Waals surface area contributed by atoms with Crippen molar-refractivity contribution in [2.75, 3.05) is 6.54 Å². The average molecular weight is 235 g/mol. The van der Waals surface area contributed by atoms with Crippen LogP contribution in [0.25, 0.3) is 0 Å². The molecular weight excluding hydrogens is 214 g/mol. The Hall–Kier alpha value is -1.32. The molecule has 1 aliphatic rings. The monoisotopic (exact) mass is 235 g/mol. The quantitative estimate of drug-likeness (QED) is 0.797. The molecule has 0 radical (unpaired) electrons. The number of nitrogens with one attached hydrogen (secondary N) is 1. The Morgan fingerprint density at radius 1 is 1.53 bits per heavy atom. The number of rotatable bonds is 5. The van der Waals surface area contributed by atoms with E-state index < -0.39 is 0 Å². The Kier molecular flexibility index (Phi) is 4.18. The van der Waals surface area contributed by atoms with Crippen molar-refractivity contribution in [1.29, 1.82) is 0 Å². The lowest BCUT2D eigenvalue weighted by Gasteiger charge is -2.08. The SMILES string of the molecule is CCCCNC(=O)c1ccn(C2CCCC2)n1. The molecule has 94 valence electrons. The lowest BCUT2D eigenvalue weighted by molar-refractivity contribution is 0.0947. The summed E-state index contributed by atoms with van der Waals surface area (Å²) >= 11 is 0. The van der Waals surface area contributed by atoms with Gasteiger partial charge in [-0.2, -0.15) is 5.10 Å². The van der Waals surface area contributed by atoms with Crippen molar-refractivity contribution < 1.29 is 4.79 Å². The number of aromatic nitrogens is 2. The normalized spacial score (nSPS) is 16.3. The van der Waals surface area contributed by atoms with Gasteiger partial charge >= 0.3 is 0 Å². The molecule has 17 heavy (non-hydrogen) atoms. The molecule has 1 N–H and O–H groups in total. The first kappa shape index (κ1) is 12.1. The summed E-state index contributed by atoms with van der Waals surface area (Å²) in [6.07, 6.45) is 9.00. The summed E-state index contributed by atoms with van der Waals surface area (Å²) in [5.41, 5.74) is 0.549. The minimum Gasteiger partial charge on any atom is -0.351 e. The minimum atomic E-state index is -0.0461. The third-order valence-electron chi connectivity index (χ3n) is 3.36. The molecule has 0 atom stereocenters. The summed E-state index contributed by atoms with van der Waals surface area (Å²) in [7, 11) is 0. The molecule has 0 aromatic carbocycles. The largest absolute Gasteiger partial charge is 0.351 e. The van der Waals surface area contributed by atoms with Crippen LogP contribution < -0.4 is 5.32 Å². The van der Waals surface area contributed by atoms with Crippen LogP contribution in [0.2, 0.25) is 0 Å². The lowest BCUT2D eigenvalue weighted by atomic mass is 10.3. The number of carbonyl (C=O) groups is 1. The molecule has 1 saturated carbocycles. The Morgan fingerprint density at radius 3 is 3.00 bits per heavy atom. The molecule has 1 fully saturated rings. The molecule has 0 spiro atoms. The molecule has 1 amide bonds. The molecule has 1 aliphatic carbocycles.